The van der Waals surface area contributed by atoms with Gasteiger partial charge in [0.05, 0.1) is 0 Å². The fraction of sp³-hybridized carbons (Fsp3) is 0.121. The summed E-state index contributed by atoms with van der Waals surface area (Å²) in [4.78, 5) is 4.49. The summed E-state index contributed by atoms with van der Waals surface area (Å²) in [6, 6.07) is 32.9. The van der Waals surface area contributed by atoms with Crippen LogP contribution in [0.25, 0.3) is 27.8 Å². The van der Waals surface area contributed by atoms with Gasteiger partial charge >= 0.3 is 0 Å². The zero-order valence-electron chi connectivity index (χ0n) is 21.0. The molecule has 1 unspecified atom stereocenters. The molecular formula is C33H27FIrNO2-. The van der Waals surface area contributed by atoms with Crippen molar-refractivity contribution in [2.75, 3.05) is 0 Å². The molecule has 5 aromatic rings. The number of aliphatic hydroxyl groups excluding tert-OH is 2. The Hall–Kier alpha value is -3.63. The number of halogens is 1. The molecule has 0 fully saturated rings. The Kier molecular flexibility index (Phi) is 8.22. The van der Waals surface area contributed by atoms with Gasteiger partial charge in [0.2, 0.25) is 0 Å². The van der Waals surface area contributed by atoms with Crippen molar-refractivity contribution in [2.45, 2.75) is 25.4 Å². The van der Waals surface area contributed by atoms with Crippen LogP contribution in [0.15, 0.2) is 109 Å². The van der Waals surface area contributed by atoms with E-state index in [0.717, 1.165) is 33.2 Å². The Labute approximate surface area is 235 Å². The van der Waals surface area contributed by atoms with Crippen LogP contribution < -0.4 is 0 Å². The third-order valence-electron chi connectivity index (χ3n) is 6.80. The van der Waals surface area contributed by atoms with Crippen molar-refractivity contribution < 1.29 is 34.7 Å². The molecule has 193 valence electrons. The van der Waals surface area contributed by atoms with E-state index in [-0.39, 0.29) is 37.1 Å². The van der Waals surface area contributed by atoms with Gasteiger partial charge in [-0.3, -0.25) is 0 Å². The first-order valence-corrected chi connectivity index (χ1v) is 12.2. The Morgan fingerprint density at radius 3 is 2.32 bits per heavy atom. The predicted molar refractivity (Wildman–Crippen MR) is 147 cm³/mol. The van der Waals surface area contributed by atoms with Crippen LogP contribution in [0, 0.1) is 11.9 Å². The van der Waals surface area contributed by atoms with Crippen LogP contribution >= 0.6 is 0 Å². The Balaban J connectivity index is 0.000000175. The van der Waals surface area contributed by atoms with Gasteiger partial charge in [-0.15, -0.1) is 23.8 Å². The van der Waals surface area contributed by atoms with Gasteiger partial charge in [0.25, 0.3) is 0 Å². The summed E-state index contributed by atoms with van der Waals surface area (Å²) in [7, 11) is 0. The molecule has 6 rings (SSSR count). The molecule has 0 saturated heterocycles. The van der Waals surface area contributed by atoms with E-state index in [0.29, 0.717) is 11.1 Å². The van der Waals surface area contributed by atoms with E-state index < -0.39 is 6.10 Å². The van der Waals surface area contributed by atoms with Crippen molar-refractivity contribution in [1.29, 1.82) is 0 Å². The van der Waals surface area contributed by atoms with E-state index in [1.807, 2.05) is 60.7 Å². The summed E-state index contributed by atoms with van der Waals surface area (Å²) < 4.78 is 14.4. The minimum absolute atomic E-state index is 0. The van der Waals surface area contributed by atoms with Crippen LogP contribution in [0.4, 0.5) is 4.39 Å². The SMILES string of the molecule is CC1(C)c2c([c-]ccc2F)-c2nccc3cccc1c23.OC(=CC(O)c1ccccc1)c1ccccc1.[Ir]. The summed E-state index contributed by atoms with van der Waals surface area (Å²) >= 11 is 0. The number of aliphatic hydroxyl groups is 2. The van der Waals surface area contributed by atoms with Crippen molar-refractivity contribution in [3.8, 4) is 11.3 Å². The number of hydrogen-bond donors (Lipinski definition) is 2. The summed E-state index contributed by atoms with van der Waals surface area (Å²) in [5.41, 5.74) is 4.53. The van der Waals surface area contributed by atoms with Crippen molar-refractivity contribution in [1.82, 2.24) is 4.98 Å². The average molecular weight is 681 g/mol. The molecule has 1 heterocycles. The van der Waals surface area contributed by atoms with Crippen LogP contribution in [0.3, 0.4) is 0 Å². The number of pyridine rings is 1. The zero-order chi connectivity index (χ0) is 26.0. The fourth-order valence-corrected chi connectivity index (χ4v) is 4.95. The molecule has 4 aromatic carbocycles. The zero-order valence-corrected chi connectivity index (χ0v) is 23.4. The average Bonchev–Trinajstić information content (AvgIpc) is 2.93. The van der Waals surface area contributed by atoms with Crippen LogP contribution in [-0.2, 0) is 25.5 Å². The molecule has 2 N–H and O–H groups in total. The molecule has 0 aliphatic heterocycles. The Bertz CT molecular complexity index is 1580. The molecule has 1 atom stereocenters. The summed E-state index contributed by atoms with van der Waals surface area (Å²) in [6.07, 6.45) is 2.42. The first kappa shape index (κ1) is 27.4. The van der Waals surface area contributed by atoms with Gasteiger partial charge in [-0.25, -0.2) is 4.39 Å². The molecule has 3 nitrogen and oxygen atoms in total. The first-order valence-electron chi connectivity index (χ1n) is 12.2. The van der Waals surface area contributed by atoms with Gasteiger partial charge < -0.3 is 15.2 Å². The number of rotatable bonds is 3. The van der Waals surface area contributed by atoms with E-state index in [2.05, 4.69) is 37.0 Å². The van der Waals surface area contributed by atoms with Crippen LogP contribution in [0.5, 0.6) is 0 Å². The van der Waals surface area contributed by atoms with Crippen molar-refractivity contribution in [3.05, 3.63) is 143 Å². The van der Waals surface area contributed by atoms with Crippen LogP contribution in [-0.4, -0.2) is 15.2 Å². The van der Waals surface area contributed by atoms with Crippen molar-refractivity contribution >= 4 is 16.5 Å². The van der Waals surface area contributed by atoms with Crippen LogP contribution in [0.2, 0.25) is 0 Å². The first-order chi connectivity index (χ1) is 17.9. The van der Waals surface area contributed by atoms with E-state index in [9.17, 15) is 14.6 Å². The van der Waals surface area contributed by atoms with Crippen molar-refractivity contribution in [3.63, 3.8) is 0 Å². The summed E-state index contributed by atoms with van der Waals surface area (Å²) in [5, 5.41) is 22.0. The van der Waals surface area contributed by atoms with E-state index in [4.69, 9.17) is 0 Å². The number of benzene rings is 4. The quantitative estimate of drug-likeness (QED) is 0.151. The normalized spacial score (nSPS) is 13.9. The second-order valence-electron chi connectivity index (χ2n) is 9.54. The molecule has 1 aliphatic rings. The van der Waals surface area contributed by atoms with Gasteiger partial charge in [-0.2, -0.15) is 0 Å². The van der Waals surface area contributed by atoms with Gasteiger partial charge in [0, 0.05) is 37.7 Å². The molecular weight excluding hydrogens is 654 g/mol. The van der Waals surface area contributed by atoms with E-state index >= 15 is 0 Å². The van der Waals surface area contributed by atoms with Gasteiger partial charge in [-0.05, 0) is 45.2 Å². The standard InChI is InChI=1S/C18H13FN.C15H14O2.Ir/c1-18(2)13-7-3-5-11-9-10-20-17(15(11)13)12-6-4-8-14(19)16(12)18;16-14(12-7-3-1-4-8-12)11-15(17)13-9-5-2-6-10-13;/h3-5,7-10H,1-2H3;1-11,14,16-17H;/q-1;;. The smallest absolute Gasteiger partial charge is 0.121 e. The van der Waals surface area contributed by atoms with E-state index in [1.165, 1.54) is 12.1 Å². The third kappa shape index (κ3) is 5.19. The van der Waals surface area contributed by atoms with Gasteiger partial charge in [0.15, 0.2) is 0 Å². The minimum Gasteiger partial charge on any atom is -0.508 e. The number of aromatic nitrogens is 1. The molecule has 0 spiro atoms. The number of hydrogen-bond acceptors (Lipinski definition) is 3. The Morgan fingerprint density at radius 2 is 1.61 bits per heavy atom. The largest absolute Gasteiger partial charge is 0.508 e. The monoisotopic (exact) mass is 681 g/mol. The molecule has 1 aromatic heterocycles. The molecule has 1 radical (unpaired) electrons. The van der Waals surface area contributed by atoms with Crippen molar-refractivity contribution in [2.24, 2.45) is 0 Å². The predicted octanol–water partition coefficient (Wildman–Crippen LogP) is 7.80. The summed E-state index contributed by atoms with van der Waals surface area (Å²) in [6.45, 7) is 4.13. The second-order valence-corrected chi connectivity index (χ2v) is 9.54. The maximum Gasteiger partial charge on any atom is 0.121 e. The second kappa shape index (κ2) is 11.4. The van der Waals surface area contributed by atoms with Gasteiger partial charge in [0.1, 0.15) is 11.9 Å². The molecule has 1 aliphatic carbocycles. The number of fused-ring (bicyclic) bond motifs is 2. The third-order valence-corrected chi connectivity index (χ3v) is 6.80. The molecule has 0 bridgehead atoms. The maximum atomic E-state index is 14.4. The Morgan fingerprint density at radius 1 is 0.921 bits per heavy atom. The topological polar surface area (TPSA) is 53.4 Å². The minimum atomic E-state index is -0.795. The molecule has 38 heavy (non-hydrogen) atoms. The molecule has 5 heteroatoms. The van der Waals surface area contributed by atoms with Crippen LogP contribution in [0.1, 0.15) is 42.2 Å². The maximum absolute atomic E-state index is 14.4. The van der Waals surface area contributed by atoms with Gasteiger partial charge in [-0.1, -0.05) is 98.3 Å². The van der Waals surface area contributed by atoms with E-state index in [1.54, 1.807) is 24.4 Å². The molecule has 0 amide bonds. The fourth-order valence-electron chi connectivity index (χ4n) is 4.95. The summed E-state index contributed by atoms with van der Waals surface area (Å²) in [5.74, 6) is -0.0981. The number of nitrogens with zero attached hydrogens (tertiary/aromatic N) is 1. The molecule has 0 saturated carbocycles.